The lowest BCUT2D eigenvalue weighted by Gasteiger charge is -2.24. The highest BCUT2D eigenvalue weighted by Gasteiger charge is 2.24. The molecule has 8 heteroatoms. The van der Waals surface area contributed by atoms with Gasteiger partial charge in [-0.3, -0.25) is 9.55 Å². The Kier molecular flexibility index (Phi) is 6.76. The first kappa shape index (κ1) is 28.3. The lowest BCUT2D eigenvalue weighted by molar-refractivity contribution is 1.13. The van der Waals surface area contributed by atoms with Crippen LogP contribution in [0.4, 0.5) is 0 Å². The Balaban J connectivity index is 1.55. The number of fused-ring (bicyclic) bond motifs is 3. The zero-order valence-electron chi connectivity index (χ0n) is 24.8. The first-order valence-corrected chi connectivity index (χ1v) is 14.9. The van der Waals surface area contributed by atoms with Crippen molar-refractivity contribution < 1.29 is 0 Å². The number of rotatable bonds is 4. The maximum atomic E-state index is 6.65. The molecule has 0 atom stereocenters. The van der Waals surface area contributed by atoms with Gasteiger partial charge in [-0.25, -0.2) is 4.98 Å². The van der Waals surface area contributed by atoms with Crippen molar-refractivity contribution in [2.75, 3.05) is 0 Å². The third-order valence-corrected chi connectivity index (χ3v) is 8.75. The third-order valence-electron chi connectivity index (χ3n) is 8.75. The van der Waals surface area contributed by atoms with Gasteiger partial charge in [0.05, 0.1) is 22.4 Å². The van der Waals surface area contributed by atoms with Crippen LogP contribution in [0, 0.1) is 0 Å². The minimum Gasteiger partial charge on any atom is -0.291 e. The Hall–Kier alpha value is -5.22. The number of para-hydroxylation sites is 2. The lowest BCUT2D eigenvalue weighted by atomic mass is 9.60. The molecule has 0 saturated carbocycles. The first-order chi connectivity index (χ1) is 22.5. The van der Waals surface area contributed by atoms with Crippen LogP contribution in [0.3, 0.4) is 0 Å². The quantitative estimate of drug-likeness (QED) is 0.238. The van der Waals surface area contributed by atoms with Crippen LogP contribution in [0.25, 0.3) is 72.0 Å². The second kappa shape index (κ2) is 11.0. The van der Waals surface area contributed by atoms with Crippen molar-refractivity contribution in [2.24, 2.45) is 0 Å². The maximum absolute atomic E-state index is 6.65. The zero-order chi connectivity index (χ0) is 31.5. The molecule has 2 heterocycles. The molecule has 0 aliphatic rings. The molecule has 0 amide bonds. The summed E-state index contributed by atoms with van der Waals surface area (Å²) < 4.78 is 2.12. The van der Waals surface area contributed by atoms with Gasteiger partial charge in [0.2, 0.25) is 0 Å². The Morgan fingerprint density at radius 1 is 0.457 bits per heavy atom. The molecule has 0 saturated heterocycles. The third kappa shape index (κ3) is 4.20. The van der Waals surface area contributed by atoms with E-state index in [1.807, 2.05) is 48.7 Å². The molecule has 0 bridgehead atoms. The molecule has 6 aromatic carbocycles. The fourth-order valence-corrected chi connectivity index (χ4v) is 6.59. The monoisotopic (exact) mass is 573 g/mol. The molecule has 0 unspecified atom stereocenters. The average molecular weight is 573 g/mol. The molecular formula is C38H20B5N3. The molecule has 0 aliphatic carbocycles. The van der Waals surface area contributed by atoms with Crippen LogP contribution in [0.5, 0.6) is 0 Å². The number of imidazole rings is 1. The largest absolute Gasteiger partial charge is 0.291 e. The minimum absolute atomic E-state index is 0.160. The molecule has 0 spiro atoms. The highest BCUT2D eigenvalue weighted by molar-refractivity contribution is 6.68. The average Bonchev–Trinajstić information content (AvgIpc) is 3.47. The minimum atomic E-state index is 0.160. The van der Waals surface area contributed by atoms with Crippen molar-refractivity contribution in [3.05, 3.63) is 121 Å². The summed E-state index contributed by atoms with van der Waals surface area (Å²) in [6.45, 7) is 0. The van der Waals surface area contributed by atoms with Crippen molar-refractivity contribution in [3.63, 3.8) is 0 Å². The lowest BCUT2D eigenvalue weighted by Crippen LogP contribution is -2.55. The second-order valence-corrected chi connectivity index (χ2v) is 11.3. The summed E-state index contributed by atoms with van der Waals surface area (Å²) in [6.07, 6.45) is 1.82. The van der Waals surface area contributed by atoms with Crippen molar-refractivity contribution in [3.8, 4) is 39.5 Å². The van der Waals surface area contributed by atoms with E-state index in [0.717, 1.165) is 60.6 Å². The second-order valence-electron chi connectivity index (χ2n) is 11.3. The zero-order valence-corrected chi connectivity index (χ0v) is 24.8. The van der Waals surface area contributed by atoms with E-state index < -0.39 is 0 Å². The molecule has 0 N–H and O–H groups in total. The van der Waals surface area contributed by atoms with E-state index in [4.69, 9.17) is 49.2 Å². The first-order valence-electron chi connectivity index (χ1n) is 14.9. The van der Waals surface area contributed by atoms with E-state index >= 15 is 0 Å². The van der Waals surface area contributed by atoms with Gasteiger partial charge < -0.3 is 0 Å². The predicted octanol–water partition coefficient (Wildman–Crippen LogP) is 3.70. The number of hydrogen-bond donors (Lipinski definition) is 0. The van der Waals surface area contributed by atoms with E-state index in [0.29, 0.717) is 11.4 Å². The number of hydrogen-bond acceptors (Lipinski definition) is 2. The van der Waals surface area contributed by atoms with Gasteiger partial charge >= 0.3 is 0 Å². The number of nitrogens with zero attached hydrogens (tertiary/aromatic N) is 3. The van der Waals surface area contributed by atoms with Gasteiger partial charge in [0.1, 0.15) is 45.1 Å². The SMILES string of the molecule is [B]c1c([B])c([B])c(-c2nc3ccccc3n2-c2c3ccccc3c(-c3ccccc3-c3ccccn3)c3ccccc23)c([B])c1[B]. The normalized spacial score (nSPS) is 11.5. The molecule has 0 fully saturated rings. The van der Waals surface area contributed by atoms with Gasteiger partial charge in [-0.05, 0) is 46.2 Å². The standard InChI is InChI=1S/C38H20B5N3/c39-32-31(33(40)35(42)36(43)34(32)41)38-45-28-18-7-8-19-29(28)46(38)37-25-15-5-3-13-23(25)30(24-14-4-6-16-26(24)37)22-12-2-1-11-21(22)27-17-9-10-20-44-27/h1-20H. The van der Waals surface area contributed by atoms with Crippen molar-refractivity contribution >= 4 is 99.1 Å². The molecule has 8 aromatic rings. The highest BCUT2D eigenvalue weighted by Crippen LogP contribution is 2.45. The van der Waals surface area contributed by atoms with Crippen molar-refractivity contribution in [1.82, 2.24) is 14.5 Å². The molecule has 8 rings (SSSR count). The highest BCUT2D eigenvalue weighted by atomic mass is 15.1. The van der Waals surface area contributed by atoms with Gasteiger partial charge in [-0.15, -0.1) is 16.4 Å². The Labute approximate surface area is 273 Å². The molecule has 2 aromatic heterocycles. The molecule has 0 aliphatic heterocycles. The van der Waals surface area contributed by atoms with E-state index in [1.165, 1.54) is 0 Å². The number of benzene rings is 6. The maximum Gasteiger partial charge on any atom is 0.144 e. The summed E-state index contributed by atoms with van der Waals surface area (Å²) in [7, 11) is 32.2. The fourth-order valence-electron chi connectivity index (χ4n) is 6.59. The van der Waals surface area contributed by atoms with Crippen molar-refractivity contribution in [2.45, 2.75) is 0 Å². The summed E-state index contributed by atoms with van der Waals surface area (Å²) >= 11 is 0. The van der Waals surface area contributed by atoms with E-state index in [2.05, 4.69) is 77.4 Å². The number of pyridine rings is 1. The van der Waals surface area contributed by atoms with Gasteiger partial charge in [0.25, 0.3) is 0 Å². The van der Waals surface area contributed by atoms with Crippen LogP contribution in [-0.2, 0) is 0 Å². The topological polar surface area (TPSA) is 30.7 Å². The summed E-state index contributed by atoms with van der Waals surface area (Å²) in [6, 6.07) is 39.2. The summed E-state index contributed by atoms with van der Waals surface area (Å²) in [5, 5.41) is 4.18. The van der Waals surface area contributed by atoms with Gasteiger partial charge in [-0.2, -0.15) is 0 Å². The van der Waals surface area contributed by atoms with Crippen LogP contribution in [0.1, 0.15) is 0 Å². The van der Waals surface area contributed by atoms with Crippen LogP contribution >= 0.6 is 0 Å². The van der Waals surface area contributed by atoms with Crippen LogP contribution in [0.15, 0.2) is 121 Å². The summed E-state index contributed by atoms with van der Waals surface area (Å²) in [4.78, 5) is 9.79. The van der Waals surface area contributed by atoms with Crippen LogP contribution in [-0.4, -0.2) is 53.8 Å². The van der Waals surface area contributed by atoms with E-state index in [1.54, 1.807) is 0 Å². The predicted molar refractivity (Wildman–Crippen MR) is 197 cm³/mol. The van der Waals surface area contributed by atoms with E-state index in [-0.39, 0.29) is 27.3 Å². The number of aromatic nitrogens is 3. The van der Waals surface area contributed by atoms with E-state index in [9.17, 15) is 0 Å². The van der Waals surface area contributed by atoms with Crippen LogP contribution in [0.2, 0.25) is 0 Å². The molecule has 3 nitrogen and oxygen atoms in total. The summed E-state index contributed by atoms with van der Waals surface area (Å²) in [5.74, 6) is 0.520. The Bertz CT molecular complexity index is 2400. The molecular weight excluding hydrogens is 552 g/mol. The molecule has 202 valence electrons. The molecule has 10 radical (unpaired) electrons. The van der Waals surface area contributed by atoms with Gasteiger partial charge in [0, 0.05) is 28.1 Å². The molecule has 46 heavy (non-hydrogen) atoms. The fraction of sp³-hybridized carbons (Fsp3) is 0. The summed E-state index contributed by atoms with van der Waals surface area (Å²) in [5.41, 5.74) is 8.15. The smallest absolute Gasteiger partial charge is 0.144 e. The Morgan fingerprint density at radius 2 is 0.978 bits per heavy atom. The van der Waals surface area contributed by atoms with Gasteiger partial charge in [-0.1, -0.05) is 102 Å². The van der Waals surface area contributed by atoms with Gasteiger partial charge in [0.15, 0.2) is 0 Å². The van der Waals surface area contributed by atoms with Crippen LogP contribution < -0.4 is 27.3 Å². The van der Waals surface area contributed by atoms with Crippen molar-refractivity contribution in [1.29, 1.82) is 0 Å². The Morgan fingerprint density at radius 3 is 1.61 bits per heavy atom.